The fourth-order valence-electron chi connectivity index (χ4n) is 2.50. The second-order valence-electron chi connectivity index (χ2n) is 6.01. The molecule has 0 amide bonds. The molecule has 110 valence electrons. The van der Waals surface area contributed by atoms with Crippen LogP contribution in [-0.2, 0) is 11.3 Å². The Morgan fingerprint density at radius 2 is 2.30 bits per heavy atom. The molecule has 0 aromatic carbocycles. The van der Waals surface area contributed by atoms with Crippen molar-refractivity contribution in [1.82, 2.24) is 20.2 Å². The summed E-state index contributed by atoms with van der Waals surface area (Å²) in [6.45, 7) is 7.92. The summed E-state index contributed by atoms with van der Waals surface area (Å²) in [4.78, 5) is 11.5. The minimum atomic E-state index is 0.00650. The summed E-state index contributed by atoms with van der Waals surface area (Å²) in [6, 6.07) is 3.24. The maximum Gasteiger partial charge on any atom is 0.158 e. The van der Waals surface area contributed by atoms with Crippen molar-refractivity contribution in [3.05, 3.63) is 23.8 Å². The first-order valence-electron chi connectivity index (χ1n) is 7.63. The summed E-state index contributed by atoms with van der Waals surface area (Å²) in [6.07, 6.45) is 4.45. The van der Waals surface area contributed by atoms with Crippen molar-refractivity contribution in [3.8, 4) is 0 Å². The molecule has 1 aliphatic carbocycles. The molecule has 1 saturated carbocycles. The van der Waals surface area contributed by atoms with Crippen molar-refractivity contribution >= 4 is 0 Å². The molecule has 1 aliphatic heterocycles. The van der Waals surface area contributed by atoms with Crippen molar-refractivity contribution in [3.63, 3.8) is 0 Å². The number of hydrogen-bond donors (Lipinski definition) is 1. The Bertz CT molecular complexity index is 447. The standard InChI is InChI=1S/C15H24N4O/c1-11(2)19-7-8-20-14(10-19)15-16-6-5-13(18-15)9-17-12-3-4-12/h5-6,11-12,14,17H,3-4,7-10H2,1-2H3. The quantitative estimate of drug-likeness (QED) is 0.883. The van der Waals surface area contributed by atoms with E-state index in [0.29, 0.717) is 12.1 Å². The Hall–Kier alpha value is -1.04. The predicted octanol–water partition coefficient (Wildman–Crippen LogP) is 1.51. The Morgan fingerprint density at radius 1 is 1.45 bits per heavy atom. The van der Waals surface area contributed by atoms with Crippen LogP contribution in [0.5, 0.6) is 0 Å². The maximum atomic E-state index is 5.85. The summed E-state index contributed by atoms with van der Waals surface area (Å²) < 4.78 is 5.85. The van der Waals surface area contributed by atoms with Gasteiger partial charge in [-0.05, 0) is 32.8 Å². The van der Waals surface area contributed by atoms with Gasteiger partial charge in [0.1, 0.15) is 6.10 Å². The minimum Gasteiger partial charge on any atom is -0.368 e. The Balaban J connectivity index is 1.64. The second-order valence-corrected chi connectivity index (χ2v) is 6.01. The van der Waals surface area contributed by atoms with E-state index in [1.807, 2.05) is 12.3 Å². The average Bonchev–Trinajstić information content (AvgIpc) is 3.30. The number of nitrogens with one attached hydrogen (secondary N) is 1. The molecule has 1 N–H and O–H groups in total. The lowest BCUT2D eigenvalue weighted by Crippen LogP contribution is -2.42. The second kappa shape index (κ2) is 6.16. The summed E-state index contributed by atoms with van der Waals surface area (Å²) in [5.41, 5.74) is 1.06. The van der Waals surface area contributed by atoms with Crippen LogP contribution in [0.15, 0.2) is 12.3 Å². The molecule has 2 heterocycles. The molecular formula is C15H24N4O. The molecule has 0 radical (unpaired) electrons. The van der Waals surface area contributed by atoms with E-state index in [0.717, 1.165) is 37.8 Å². The number of ether oxygens (including phenoxy) is 1. The summed E-state index contributed by atoms with van der Waals surface area (Å²) in [5.74, 6) is 0.824. The van der Waals surface area contributed by atoms with E-state index in [1.54, 1.807) is 0 Å². The number of rotatable bonds is 5. The molecule has 5 nitrogen and oxygen atoms in total. The van der Waals surface area contributed by atoms with Crippen LogP contribution >= 0.6 is 0 Å². The zero-order chi connectivity index (χ0) is 13.9. The third-order valence-electron chi connectivity index (χ3n) is 4.00. The van der Waals surface area contributed by atoms with Gasteiger partial charge in [-0.1, -0.05) is 0 Å². The van der Waals surface area contributed by atoms with Gasteiger partial charge in [0.25, 0.3) is 0 Å². The molecule has 0 spiro atoms. The molecule has 0 bridgehead atoms. The van der Waals surface area contributed by atoms with E-state index >= 15 is 0 Å². The topological polar surface area (TPSA) is 50.3 Å². The van der Waals surface area contributed by atoms with Crippen LogP contribution in [0.3, 0.4) is 0 Å². The Kier molecular flexibility index (Phi) is 4.29. The number of hydrogen-bond acceptors (Lipinski definition) is 5. The Labute approximate surface area is 120 Å². The first kappa shape index (κ1) is 13.9. The van der Waals surface area contributed by atoms with Crippen LogP contribution in [0.4, 0.5) is 0 Å². The van der Waals surface area contributed by atoms with Crippen molar-refractivity contribution in [2.75, 3.05) is 19.7 Å². The van der Waals surface area contributed by atoms with Gasteiger partial charge in [0.2, 0.25) is 0 Å². The van der Waals surface area contributed by atoms with E-state index in [2.05, 4.69) is 34.0 Å². The largest absolute Gasteiger partial charge is 0.368 e. The average molecular weight is 276 g/mol. The van der Waals surface area contributed by atoms with Crippen molar-refractivity contribution in [1.29, 1.82) is 0 Å². The first-order chi connectivity index (χ1) is 9.72. The molecule has 1 aromatic heterocycles. The fourth-order valence-corrected chi connectivity index (χ4v) is 2.50. The normalized spacial score (nSPS) is 24.2. The van der Waals surface area contributed by atoms with E-state index < -0.39 is 0 Å². The molecule has 1 unspecified atom stereocenters. The zero-order valence-corrected chi connectivity index (χ0v) is 12.4. The highest BCUT2D eigenvalue weighted by atomic mass is 16.5. The van der Waals surface area contributed by atoms with E-state index in [9.17, 15) is 0 Å². The van der Waals surface area contributed by atoms with E-state index in [4.69, 9.17) is 4.74 Å². The highest BCUT2D eigenvalue weighted by Crippen LogP contribution is 2.21. The third kappa shape index (κ3) is 3.53. The van der Waals surface area contributed by atoms with Gasteiger partial charge in [0.15, 0.2) is 5.82 Å². The molecule has 1 saturated heterocycles. The summed E-state index contributed by atoms with van der Waals surface area (Å²) >= 11 is 0. The molecular weight excluding hydrogens is 252 g/mol. The number of morpholine rings is 1. The van der Waals surface area contributed by atoms with Crippen LogP contribution in [0.2, 0.25) is 0 Å². The first-order valence-corrected chi connectivity index (χ1v) is 7.63. The molecule has 1 aromatic rings. The van der Waals surface area contributed by atoms with Crippen molar-refractivity contribution in [2.45, 2.75) is 51.4 Å². The maximum absolute atomic E-state index is 5.85. The zero-order valence-electron chi connectivity index (χ0n) is 12.4. The van der Waals surface area contributed by atoms with Gasteiger partial charge in [-0.3, -0.25) is 4.90 Å². The van der Waals surface area contributed by atoms with Crippen LogP contribution in [0, 0.1) is 0 Å². The third-order valence-corrected chi connectivity index (χ3v) is 4.00. The monoisotopic (exact) mass is 276 g/mol. The SMILES string of the molecule is CC(C)N1CCOC(c2nccc(CNC3CC3)n2)C1. The van der Waals surface area contributed by atoms with Crippen LogP contribution in [0.1, 0.15) is 44.3 Å². The number of aromatic nitrogens is 2. The fraction of sp³-hybridized carbons (Fsp3) is 0.733. The molecule has 2 fully saturated rings. The van der Waals surface area contributed by atoms with Gasteiger partial charge in [0.05, 0.1) is 12.3 Å². The predicted molar refractivity (Wildman–Crippen MR) is 77.3 cm³/mol. The lowest BCUT2D eigenvalue weighted by molar-refractivity contribution is -0.0443. The highest BCUT2D eigenvalue weighted by Gasteiger charge is 2.26. The van der Waals surface area contributed by atoms with Crippen molar-refractivity contribution in [2.24, 2.45) is 0 Å². The van der Waals surface area contributed by atoms with E-state index in [1.165, 1.54) is 12.8 Å². The van der Waals surface area contributed by atoms with Gasteiger partial charge in [-0.25, -0.2) is 9.97 Å². The lowest BCUT2D eigenvalue weighted by Gasteiger charge is -2.34. The minimum absolute atomic E-state index is 0.00650. The van der Waals surface area contributed by atoms with Gasteiger partial charge < -0.3 is 10.1 Å². The molecule has 2 aliphatic rings. The highest BCUT2D eigenvalue weighted by molar-refractivity contribution is 5.06. The van der Waals surface area contributed by atoms with Gasteiger partial charge in [0, 0.05) is 37.9 Å². The lowest BCUT2D eigenvalue weighted by atomic mass is 10.2. The van der Waals surface area contributed by atoms with Gasteiger partial charge >= 0.3 is 0 Å². The molecule has 20 heavy (non-hydrogen) atoms. The van der Waals surface area contributed by atoms with Crippen LogP contribution in [-0.4, -0.2) is 46.6 Å². The smallest absolute Gasteiger partial charge is 0.158 e. The van der Waals surface area contributed by atoms with Crippen molar-refractivity contribution < 1.29 is 4.74 Å². The number of nitrogens with zero attached hydrogens (tertiary/aromatic N) is 3. The van der Waals surface area contributed by atoms with Gasteiger partial charge in [-0.15, -0.1) is 0 Å². The summed E-state index contributed by atoms with van der Waals surface area (Å²) in [7, 11) is 0. The Morgan fingerprint density at radius 3 is 3.05 bits per heavy atom. The van der Waals surface area contributed by atoms with Crippen LogP contribution < -0.4 is 5.32 Å². The summed E-state index contributed by atoms with van der Waals surface area (Å²) in [5, 5.41) is 3.49. The van der Waals surface area contributed by atoms with E-state index in [-0.39, 0.29) is 6.10 Å². The van der Waals surface area contributed by atoms with Gasteiger partial charge in [-0.2, -0.15) is 0 Å². The molecule has 1 atom stereocenters. The molecule has 3 rings (SSSR count). The molecule has 5 heteroatoms. The van der Waals surface area contributed by atoms with Crippen LogP contribution in [0.25, 0.3) is 0 Å².